The van der Waals surface area contributed by atoms with E-state index in [0.717, 1.165) is 37.7 Å². The van der Waals surface area contributed by atoms with Crippen molar-refractivity contribution in [3.63, 3.8) is 0 Å². The van der Waals surface area contributed by atoms with E-state index in [1.54, 1.807) is 0 Å². The van der Waals surface area contributed by atoms with E-state index in [9.17, 15) is 19.5 Å². The molecule has 1 aliphatic rings. The molecule has 0 heterocycles. The number of carboxylic acids is 1. The zero-order valence-corrected chi connectivity index (χ0v) is 19.4. The molecule has 2 unspecified atom stereocenters. The van der Waals surface area contributed by atoms with Crippen molar-refractivity contribution in [3.05, 3.63) is 23.3 Å². The van der Waals surface area contributed by atoms with Gasteiger partial charge in [0.05, 0.1) is 5.92 Å². The fourth-order valence-corrected chi connectivity index (χ4v) is 4.77. The summed E-state index contributed by atoms with van der Waals surface area (Å²) in [5.41, 5.74) is 1.59. The molecule has 172 valence electrons. The van der Waals surface area contributed by atoms with Gasteiger partial charge in [0, 0.05) is 19.4 Å². The average molecular weight is 433 g/mol. The molecule has 1 saturated carbocycles. The Labute approximate surface area is 185 Å². The molecule has 0 aliphatic heterocycles. The average Bonchev–Trinajstić information content (AvgIpc) is 2.66. The molecule has 31 heavy (non-hydrogen) atoms. The van der Waals surface area contributed by atoms with Crippen LogP contribution in [0.5, 0.6) is 11.5 Å². The lowest BCUT2D eigenvalue weighted by Gasteiger charge is -2.38. The lowest BCUT2D eigenvalue weighted by Crippen LogP contribution is -2.31. The van der Waals surface area contributed by atoms with Gasteiger partial charge in [0.25, 0.3) is 0 Å². The summed E-state index contributed by atoms with van der Waals surface area (Å²) < 4.78 is 11.2. The minimum atomic E-state index is -0.813. The summed E-state index contributed by atoms with van der Waals surface area (Å²) >= 11 is 0. The lowest BCUT2D eigenvalue weighted by molar-refractivity contribution is -0.143. The van der Waals surface area contributed by atoms with Crippen molar-refractivity contribution in [1.82, 2.24) is 0 Å². The molecule has 1 fully saturated rings. The van der Waals surface area contributed by atoms with E-state index >= 15 is 0 Å². The Balaban J connectivity index is 2.62. The Morgan fingerprint density at radius 1 is 1.03 bits per heavy atom. The molecule has 0 bridgehead atoms. The van der Waals surface area contributed by atoms with Gasteiger partial charge in [0.1, 0.15) is 11.5 Å². The van der Waals surface area contributed by atoms with Crippen LogP contribution in [0.1, 0.15) is 90.2 Å². The van der Waals surface area contributed by atoms with Crippen LogP contribution in [-0.2, 0) is 20.8 Å². The fraction of sp³-hybridized carbons (Fsp3) is 0.640. The fourth-order valence-electron chi connectivity index (χ4n) is 4.77. The smallest absolute Gasteiger partial charge is 0.308 e. The minimum Gasteiger partial charge on any atom is -0.481 e. The van der Waals surface area contributed by atoms with Gasteiger partial charge in [-0.05, 0) is 67.6 Å². The maximum absolute atomic E-state index is 11.9. The lowest BCUT2D eigenvalue weighted by atomic mass is 9.66. The minimum absolute atomic E-state index is 0.178. The molecule has 3 atom stereocenters. The van der Waals surface area contributed by atoms with Crippen molar-refractivity contribution in [2.75, 3.05) is 0 Å². The first-order valence-corrected chi connectivity index (χ1v) is 11.4. The van der Waals surface area contributed by atoms with Crippen LogP contribution < -0.4 is 9.47 Å². The molecular weight excluding hydrogens is 396 g/mol. The zero-order chi connectivity index (χ0) is 23.1. The van der Waals surface area contributed by atoms with Gasteiger partial charge in [0.2, 0.25) is 0 Å². The monoisotopic (exact) mass is 432 g/mol. The Morgan fingerprint density at radius 2 is 1.61 bits per heavy atom. The first kappa shape index (κ1) is 24.9. The highest BCUT2D eigenvalue weighted by Crippen LogP contribution is 2.50. The molecular formula is C25H36O6. The Kier molecular flexibility index (Phi) is 9.08. The largest absolute Gasteiger partial charge is 0.481 e. The van der Waals surface area contributed by atoms with Crippen LogP contribution >= 0.6 is 0 Å². The molecule has 1 N–H and O–H groups in total. The molecule has 0 saturated heterocycles. The number of hydrogen-bond acceptors (Lipinski definition) is 5. The number of carbonyl (C=O) groups is 3. The predicted octanol–water partition coefficient (Wildman–Crippen LogP) is 5.51. The number of carbonyl (C=O) groups excluding carboxylic acids is 2. The van der Waals surface area contributed by atoms with Gasteiger partial charge >= 0.3 is 17.9 Å². The Bertz CT molecular complexity index is 760. The summed E-state index contributed by atoms with van der Waals surface area (Å²) in [4.78, 5) is 35.6. The number of carboxylic acid groups (broad SMARTS) is 1. The summed E-state index contributed by atoms with van der Waals surface area (Å²) in [6.07, 6.45) is 5.73. The van der Waals surface area contributed by atoms with Gasteiger partial charge in [-0.1, -0.05) is 33.6 Å². The third kappa shape index (κ3) is 6.81. The number of aliphatic carboxylic acids is 1. The van der Waals surface area contributed by atoms with E-state index in [4.69, 9.17) is 9.47 Å². The van der Waals surface area contributed by atoms with Crippen LogP contribution in [0.2, 0.25) is 0 Å². The quantitative estimate of drug-likeness (QED) is 0.314. The van der Waals surface area contributed by atoms with Crippen LogP contribution in [0.25, 0.3) is 0 Å². The number of aryl methyl sites for hydroxylation is 1. The van der Waals surface area contributed by atoms with Gasteiger partial charge in [-0.15, -0.1) is 0 Å². The van der Waals surface area contributed by atoms with Crippen molar-refractivity contribution in [2.45, 2.75) is 85.5 Å². The molecule has 6 heteroatoms. The normalized spacial score (nSPS) is 21.0. The molecule has 6 nitrogen and oxygen atoms in total. The van der Waals surface area contributed by atoms with Gasteiger partial charge in [-0.3, -0.25) is 14.4 Å². The molecule has 0 radical (unpaired) electrons. The van der Waals surface area contributed by atoms with Crippen molar-refractivity contribution in [1.29, 1.82) is 0 Å². The molecule has 0 spiro atoms. The number of unbranched alkanes of at least 4 members (excludes halogenated alkanes) is 2. The van der Waals surface area contributed by atoms with E-state index in [-0.39, 0.29) is 11.8 Å². The second-order valence-corrected chi connectivity index (χ2v) is 9.01. The van der Waals surface area contributed by atoms with Crippen LogP contribution in [-0.4, -0.2) is 23.0 Å². The van der Waals surface area contributed by atoms with Crippen molar-refractivity contribution in [3.8, 4) is 11.5 Å². The summed E-state index contributed by atoms with van der Waals surface area (Å²) in [5.74, 6) is -1.09. The second kappa shape index (κ2) is 11.3. The molecule has 1 aliphatic carbocycles. The van der Waals surface area contributed by atoms with E-state index in [1.807, 2.05) is 12.1 Å². The molecule has 0 aromatic heterocycles. The zero-order valence-electron chi connectivity index (χ0n) is 19.4. The SMILES string of the molecule is CCCCCc1cc(OC(C)=O)c([C@@H]2CC(C(=O)O)CCC2C(C)C)c(OC(C)=O)c1. The molecule has 2 rings (SSSR count). The van der Waals surface area contributed by atoms with Crippen LogP contribution in [0.3, 0.4) is 0 Å². The number of rotatable bonds is 9. The summed E-state index contributed by atoms with van der Waals surface area (Å²) in [6.45, 7) is 9.06. The summed E-state index contributed by atoms with van der Waals surface area (Å²) in [7, 11) is 0. The number of hydrogen-bond donors (Lipinski definition) is 1. The van der Waals surface area contributed by atoms with Gasteiger partial charge in [0.15, 0.2) is 0 Å². The maximum atomic E-state index is 11.9. The Hall–Kier alpha value is -2.37. The van der Waals surface area contributed by atoms with E-state index in [1.165, 1.54) is 13.8 Å². The van der Waals surface area contributed by atoms with Gasteiger partial charge < -0.3 is 14.6 Å². The van der Waals surface area contributed by atoms with Crippen LogP contribution in [0.15, 0.2) is 12.1 Å². The standard InChI is InChI=1S/C25H36O6/c1-6-7-8-9-18-12-22(30-16(4)26)24(23(13-18)31-17(5)27)21-14-19(25(28)29)10-11-20(21)15(2)3/h12-13,15,19-21H,6-11,14H2,1-5H3,(H,28,29)/t19?,20?,21-/m1/s1. The van der Waals surface area contributed by atoms with Gasteiger partial charge in [-0.2, -0.15) is 0 Å². The second-order valence-electron chi connectivity index (χ2n) is 9.01. The third-order valence-corrected chi connectivity index (χ3v) is 6.22. The van der Waals surface area contributed by atoms with Crippen molar-refractivity contribution in [2.24, 2.45) is 17.8 Å². The third-order valence-electron chi connectivity index (χ3n) is 6.22. The van der Waals surface area contributed by atoms with Gasteiger partial charge in [-0.25, -0.2) is 0 Å². The summed E-state index contributed by atoms with van der Waals surface area (Å²) in [6, 6.07) is 3.72. The molecule has 0 amide bonds. The maximum Gasteiger partial charge on any atom is 0.308 e. The number of benzene rings is 1. The highest BCUT2D eigenvalue weighted by molar-refractivity contribution is 5.74. The topological polar surface area (TPSA) is 89.9 Å². The first-order chi connectivity index (χ1) is 14.6. The van der Waals surface area contributed by atoms with E-state index in [2.05, 4.69) is 20.8 Å². The first-order valence-electron chi connectivity index (χ1n) is 11.4. The van der Waals surface area contributed by atoms with E-state index in [0.29, 0.717) is 35.8 Å². The van der Waals surface area contributed by atoms with E-state index < -0.39 is 23.8 Å². The van der Waals surface area contributed by atoms with Crippen molar-refractivity contribution < 1.29 is 29.0 Å². The van der Waals surface area contributed by atoms with Crippen LogP contribution in [0, 0.1) is 17.8 Å². The number of esters is 2. The highest BCUT2D eigenvalue weighted by Gasteiger charge is 2.39. The van der Waals surface area contributed by atoms with Crippen LogP contribution in [0.4, 0.5) is 0 Å². The molecule has 1 aromatic rings. The van der Waals surface area contributed by atoms with Crippen molar-refractivity contribution >= 4 is 17.9 Å². The number of ether oxygens (including phenoxy) is 2. The summed E-state index contributed by atoms with van der Waals surface area (Å²) in [5, 5.41) is 9.65. The highest BCUT2D eigenvalue weighted by atomic mass is 16.5. The predicted molar refractivity (Wildman–Crippen MR) is 118 cm³/mol. The molecule has 1 aromatic carbocycles. The Morgan fingerprint density at radius 3 is 2.06 bits per heavy atom.